The smallest absolute Gasteiger partial charge is 0.407 e. The number of rotatable bonds is 10. The maximum atomic E-state index is 11.7. The van der Waals surface area contributed by atoms with Crippen LogP contribution in [0.1, 0.15) is 42.4 Å². The molecule has 0 saturated carbocycles. The van der Waals surface area contributed by atoms with Gasteiger partial charge in [-0.3, -0.25) is 0 Å². The van der Waals surface area contributed by atoms with Crippen molar-refractivity contribution in [2.45, 2.75) is 50.9 Å². The number of amides is 1. The maximum Gasteiger partial charge on any atom is 0.407 e. The Kier molecular flexibility index (Phi) is 9.07. The molecule has 1 amide bonds. The fraction of sp³-hybridized carbons (Fsp3) is 0.536. The minimum atomic E-state index is -1.04. The quantitative estimate of drug-likeness (QED) is 0.480. The van der Waals surface area contributed by atoms with Gasteiger partial charge in [0.15, 0.2) is 0 Å². The number of carbonyl (C=O) groups is 1. The number of aliphatic hydroxyl groups is 1. The molecule has 8 nitrogen and oxygen atoms in total. The third-order valence-corrected chi connectivity index (χ3v) is 7.02. The number of methoxy groups -OCH3 is 1. The Morgan fingerprint density at radius 3 is 2.64 bits per heavy atom. The summed E-state index contributed by atoms with van der Waals surface area (Å²) in [7, 11) is 1.71. The number of carboxylic acid groups (broad SMARTS) is 1. The van der Waals surface area contributed by atoms with Crippen molar-refractivity contribution in [1.29, 1.82) is 0 Å². The Morgan fingerprint density at radius 1 is 1.14 bits per heavy atom. The van der Waals surface area contributed by atoms with Crippen molar-refractivity contribution in [3.8, 4) is 5.75 Å². The molecule has 0 spiro atoms. The van der Waals surface area contributed by atoms with Gasteiger partial charge in [-0.25, -0.2) is 4.79 Å². The van der Waals surface area contributed by atoms with Gasteiger partial charge in [0.1, 0.15) is 12.4 Å². The Hall–Kier alpha value is -2.81. The van der Waals surface area contributed by atoms with Crippen molar-refractivity contribution >= 4 is 11.8 Å². The number of ether oxygens (including phenoxy) is 3. The highest BCUT2D eigenvalue weighted by atomic mass is 16.5. The van der Waals surface area contributed by atoms with Gasteiger partial charge in [0, 0.05) is 26.2 Å². The number of β-amino-alcohol motifs (C(OH)–C–C–N with tert-alkyl or cyclic N) is 1. The molecule has 0 bridgehead atoms. The molecule has 0 unspecified atom stereocenters. The normalized spacial score (nSPS) is 21.7. The van der Waals surface area contributed by atoms with Gasteiger partial charge >= 0.3 is 6.09 Å². The molecular weight excluding hydrogens is 460 g/mol. The third kappa shape index (κ3) is 6.30. The molecular formula is C28H38N2O6. The largest absolute Gasteiger partial charge is 0.490 e. The summed E-state index contributed by atoms with van der Waals surface area (Å²) in [6.07, 6.45) is 0.653. The Bertz CT molecular complexity index is 998. The van der Waals surface area contributed by atoms with E-state index >= 15 is 0 Å². The third-order valence-electron chi connectivity index (χ3n) is 7.02. The predicted molar refractivity (Wildman–Crippen MR) is 138 cm³/mol. The lowest BCUT2D eigenvalue weighted by molar-refractivity contribution is -0.0660. The van der Waals surface area contributed by atoms with E-state index < -0.39 is 18.3 Å². The Morgan fingerprint density at radius 2 is 1.92 bits per heavy atom. The van der Waals surface area contributed by atoms with Crippen LogP contribution in [0.2, 0.25) is 0 Å². The van der Waals surface area contributed by atoms with Crippen LogP contribution in [0, 0.1) is 0 Å². The van der Waals surface area contributed by atoms with Gasteiger partial charge in [-0.2, -0.15) is 0 Å². The summed E-state index contributed by atoms with van der Waals surface area (Å²) >= 11 is 0. The molecule has 36 heavy (non-hydrogen) atoms. The van der Waals surface area contributed by atoms with Crippen molar-refractivity contribution in [1.82, 2.24) is 4.90 Å². The van der Waals surface area contributed by atoms with Crippen LogP contribution in [0.4, 0.5) is 10.5 Å². The highest BCUT2D eigenvalue weighted by molar-refractivity contribution is 5.65. The monoisotopic (exact) mass is 498 g/mol. The summed E-state index contributed by atoms with van der Waals surface area (Å²) in [5.74, 6) is 0.556. The number of aliphatic hydroxyl groups excluding tert-OH is 1. The van der Waals surface area contributed by atoms with E-state index in [0.717, 1.165) is 54.9 Å². The molecule has 8 heteroatoms. The van der Waals surface area contributed by atoms with E-state index in [2.05, 4.69) is 30.0 Å². The molecule has 0 radical (unpaired) electrons. The van der Waals surface area contributed by atoms with Crippen molar-refractivity contribution in [3.63, 3.8) is 0 Å². The first kappa shape index (κ1) is 26.3. The van der Waals surface area contributed by atoms with Gasteiger partial charge in [0.25, 0.3) is 0 Å². The van der Waals surface area contributed by atoms with Gasteiger partial charge in [-0.05, 0) is 41.7 Å². The van der Waals surface area contributed by atoms with Gasteiger partial charge in [0.05, 0.1) is 44.1 Å². The highest BCUT2D eigenvalue weighted by Gasteiger charge is 2.39. The zero-order chi connectivity index (χ0) is 25.5. The minimum Gasteiger partial charge on any atom is -0.490 e. The number of fused-ring (bicyclic) bond motifs is 1. The molecule has 0 aromatic heterocycles. The Labute approximate surface area is 213 Å². The molecule has 2 aliphatic rings. The molecule has 3 atom stereocenters. The topological polar surface area (TPSA) is 91.7 Å². The summed E-state index contributed by atoms with van der Waals surface area (Å²) in [4.78, 5) is 15.3. The number of aryl methyl sites for hydroxylation is 1. The molecule has 196 valence electrons. The average molecular weight is 499 g/mol. The van der Waals surface area contributed by atoms with E-state index in [1.807, 2.05) is 24.3 Å². The van der Waals surface area contributed by atoms with E-state index in [9.17, 15) is 15.0 Å². The van der Waals surface area contributed by atoms with Gasteiger partial charge in [-0.1, -0.05) is 43.7 Å². The molecule has 2 aromatic carbocycles. The first-order valence-corrected chi connectivity index (χ1v) is 12.9. The maximum absolute atomic E-state index is 11.7. The fourth-order valence-corrected chi connectivity index (χ4v) is 5.18. The Balaban J connectivity index is 1.50. The van der Waals surface area contributed by atoms with Crippen LogP contribution in [0.25, 0.3) is 0 Å². The van der Waals surface area contributed by atoms with Crippen LogP contribution in [-0.4, -0.2) is 79.9 Å². The second kappa shape index (κ2) is 12.4. The predicted octanol–water partition coefficient (Wildman–Crippen LogP) is 3.90. The number of likely N-dealkylation sites (tertiary alicyclic amines) is 1. The number of anilines is 1. The second-order valence-corrected chi connectivity index (χ2v) is 9.61. The van der Waals surface area contributed by atoms with E-state index in [0.29, 0.717) is 19.8 Å². The van der Waals surface area contributed by atoms with Gasteiger partial charge < -0.3 is 34.2 Å². The standard InChI is InChI=1S/C28H38N2O6/c1-3-5-20-6-9-22(10-7-20)27-24(31)17-30(28(32)33)18-26(27)36-19-21-8-11-25-23(16-21)29(13-15-35-25)12-4-14-34-2/h6-11,16,24,26-27,31H,3-5,12-15,17-19H2,1-2H3,(H,32,33)/t24-,26+,27+/m1/s1. The van der Waals surface area contributed by atoms with E-state index in [4.69, 9.17) is 14.2 Å². The van der Waals surface area contributed by atoms with Crippen molar-refractivity contribution in [2.24, 2.45) is 0 Å². The second-order valence-electron chi connectivity index (χ2n) is 9.61. The van der Waals surface area contributed by atoms with Crippen molar-refractivity contribution in [3.05, 3.63) is 59.2 Å². The zero-order valence-corrected chi connectivity index (χ0v) is 21.3. The highest BCUT2D eigenvalue weighted by Crippen LogP contribution is 2.35. The van der Waals surface area contributed by atoms with Crippen LogP contribution in [-0.2, 0) is 22.5 Å². The molecule has 0 aliphatic carbocycles. The van der Waals surface area contributed by atoms with Gasteiger partial charge in [-0.15, -0.1) is 0 Å². The lowest BCUT2D eigenvalue weighted by Gasteiger charge is -2.40. The van der Waals surface area contributed by atoms with Gasteiger partial charge in [0.2, 0.25) is 0 Å². The van der Waals surface area contributed by atoms with Crippen LogP contribution in [0.15, 0.2) is 42.5 Å². The number of hydrogen-bond acceptors (Lipinski definition) is 6. The number of piperidine rings is 1. The summed E-state index contributed by atoms with van der Waals surface area (Å²) < 4.78 is 17.4. The van der Waals surface area contributed by atoms with Crippen molar-refractivity contribution in [2.75, 3.05) is 51.4 Å². The summed E-state index contributed by atoms with van der Waals surface area (Å²) in [6.45, 7) is 5.81. The summed E-state index contributed by atoms with van der Waals surface area (Å²) in [5, 5.41) is 20.6. The van der Waals surface area contributed by atoms with E-state index in [-0.39, 0.29) is 19.0 Å². The molecule has 2 aromatic rings. The summed E-state index contributed by atoms with van der Waals surface area (Å²) in [6, 6.07) is 14.3. The van der Waals surface area contributed by atoms with E-state index in [1.54, 1.807) is 7.11 Å². The first-order chi connectivity index (χ1) is 17.5. The molecule has 2 N–H and O–H groups in total. The van der Waals surface area contributed by atoms with Crippen LogP contribution in [0.5, 0.6) is 5.75 Å². The first-order valence-electron chi connectivity index (χ1n) is 12.9. The van der Waals surface area contributed by atoms with Crippen LogP contribution < -0.4 is 9.64 Å². The molecule has 1 saturated heterocycles. The summed E-state index contributed by atoms with van der Waals surface area (Å²) in [5.41, 5.74) is 4.25. The van der Waals surface area contributed by atoms with Crippen LogP contribution in [0.3, 0.4) is 0 Å². The minimum absolute atomic E-state index is 0.0726. The van der Waals surface area contributed by atoms with E-state index in [1.165, 1.54) is 10.5 Å². The number of hydrogen-bond donors (Lipinski definition) is 2. The number of benzene rings is 2. The zero-order valence-electron chi connectivity index (χ0n) is 21.3. The molecule has 1 fully saturated rings. The fourth-order valence-electron chi connectivity index (χ4n) is 5.18. The molecule has 4 rings (SSSR count). The van der Waals surface area contributed by atoms with Crippen LogP contribution >= 0.6 is 0 Å². The number of nitrogens with zero attached hydrogens (tertiary/aromatic N) is 2. The SMILES string of the molecule is CCCc1ccc([C@H]2[C@H](O)CN(C(=O)O)C[C@@H]2OCc2ccc3c(c2)N(CCCOC)CCO3)cc1. The molecule has 2 aliphatic heterocycles. The lowest BCUT2D eigenvalue weighted by Crippen LogP contribution is -2.53. The van der Waals surface area contributed by atoms with Crippen molar-refractivity contribution < 1.29 is 29.2 Å². The molecule has 2 heterocycles. The average Bonchev–Trinajstić information content (AvgIpc) is 2.88. The lowest BCUT2D eigenvalue weighted by atomic mass is 9.84.